The first-order valence-electron chi connectivity index (χ1n) is 8.56. The molecule has 1 fully saturated rings. The van der Waals surface area contributed by atoms with E-state index in [0.29, 0.717) is 18.3 Å². The van der Waals surface area contributed by atoms with Gasteiger partial charge in [0.15, 0.2) is 0 Å². The molecule has 24 heavy (non-hydrogen) atoms. The molecule has 132 valence electrons. The molecule has 0 radical (unpaired) electrons. The number of ether oxygens (including phenoxy) is 2. The molecule has 3 rings (SSSR count). The zero-order chi connectivity index (χ0) is 17.3. The Morgan fingerprint density at radius 2 is 2.04 bits per heavy atom. The molecule has 0 aromatic carbocycles. The molecule has 0 saturated carbocycles. The second-order valence-electron chi connectivity index (χ2n) is 7.43. The number of carbonyl (C=O) groups excluding carboxylic acids is 1. The van der Waals surface area contributed by atoms with Gasteiger partial charge in [-0.15, -0.1) is 11.8 Å². The summed E-state index contributed by atoms with van der Waals surface area (Å²) in [5.74, 6) is 0.908. The maximum atomic E-state index is 12.1. The van der Waals surface area contributed by atoms with Gasteiger partial charge in [-0.25, -0.2) is 4.79 Å². The third-order valence-electron chi connectivity index (χ3n) is 4.16. The summed E-state index contributed by atoms with van der Waals surface area (Å²) < 4.78 is 11.5. The highest BCUT2D eigenvalue weighted by atomic mass is 32.2. The van der Waals surface area contributed by atoms with Gasteiger partial charge < -0.3 is 14.4 Å². The lowest BCUT2D eigenvalue weighted by atomic mass is 10.1. The van der Waals surface area contributed by atoms with Crippen LogP contribution in [0.15, 0.2) is 29.0 Å². The fraction of sp³-hybridized carbons (Fsp3) is 0.667. The van der Waals surface area contributed by atoms with E-state index in [2.05, 4.69) is 30.1 Å². The molecule has 5 nitrogen and oxygen atoms in total. The quantitative estimate of drug-likeness (QED) is 0.761. The zero-order valence-electron chi connectivity index (χ0n) is 14.8. The molecular formula is C18H26N2O3S. The van der Waals surface area contributed by atoms with E-state index >= 15 is 0 Å². The lowest BCUT2D eigenvalue weighted by Crippen LogP contribution is -2.43. The van der Waals surface area contributed by atoms with E-state index in [0.717, 1.165) is 23.6 Å². The zero-order valence-corrected chi connectivity index (χ0v) is 15.6. The highest BCUT2D eigenvalue weighted by molar-refractivity contribution is 8.14. The van der Waals surface area contributed by atoms with Crippen molar-refractivity contribution in [2.45, 2.75) is 63.5 Å². The van der Waals surface area contributed by atoms with Crippen molar-refractivity contribution in [1.82, 2.24) is 4.90 Å². The Balaban J connectivity index is 1.49. The first-order valence-corrected chi connectivity index (χ1v) is 9.44. The van der Waals surface area contributed by atoms with Crippen LogP contribution in [0.5, 0.6) is 0 Å². The third-order valence-corrected chi connectivity index (χ3v) is 5.31. The van der Waals surface area contributed by atoms with Crippen molar-refractivity contribution >= 4 is 22.9 Å². The fourth-order valence-corrected chi connectivity index (χ4v) is 4.05. The number of fused-ring (bicyclic) bond motifs is 1. The van der Waals surface area contributed by atoms with E-state index in [1.54, 1.807) is 4.90 Å². The van der Waals surface area contributed by atoms with Gasteiger partial charge in [0.1, 0.15) is 17.5 Å². The number of piperidine rings is 1. The second-order valence-corrected chi connectivity index (χ2v) is 8.80. The Bertz CT molecular complexity index is 584. The Hall–Kier alpha value is -1.43. The van der Waals surface area contributed by atoms with Crippen LogP contribution in [0.25, 0.3) is 0 Å². The molecule has 0 aromatic heterocycles. The Labute approximate surface area is 148 Å². The Morgan fingerprint density at radius 3 is 2.71 bits per heavy atom. The summed E-state index contributed by atoms with van der Waals surface area (Å²) in [4.78, 5) is 18.5. The summed E-state index contributed by atoms with van der Waals surface area (Å²) in [5.41, 5.74) is -0.448. The summed E-state index contributed by atoms with van der Waals surface area (Å²) in [6.45, 7) is 9.08. The van der Waals surface area contributed by atoms with Crippen LogP contribution in [0.4, 0.5) is 4.79 Å². The number of thioether (sulfide) groups is 1. The van der Waals surface area contributed by atoms with Crippen LogP contribution in [-0.4, -0.2) is 52.1 Å². The SMILES string of the molecule is CC1=N[C@@H]2C=C(OC3CCN(C(=O)OC(C)(C)C)CC3)C=C[C@@H]2S1. The number of aliphatic imine (C=N–C) groups is 1. The van der Waals surface area contributed by atoms with Crippen molar-refractivity contribution in [2.75, 3.05) is 13.1 Å². The number of rotatable bonds is 2. The smallest absolute Gasteiger partial charge is 0.410 e. The minimum absolute atomic E-state index is 0.148. The molecule has 0 bridgehead atoms. The first kappa shape index (κ1) is 17.4. The minimum atomic E-state index is -0.448. The molecular weight excluding hydrogens is 324 g/mol. The molecule has 0 unspecified atom stereocenters. The van der Waals surface area contributed by atoms with Gasteiger partial charge >= 0.3 is 6.09 Å². The topological polar surface area (TPSA) is 51.1 Å². The largest absolute Gasteiger partial charge is 0.491 e. The van der Waals surface area contributed by atoms with Crippen LogP contribution in [0, 0.1) is 0 Å². The third kappa shape index (κ3) is 4.35. The van der Waals surface area contributed by atoms with Gasteiger partial charge in [0.05, 0.1) is 16.3 Å². The van der Waals surface area contributed by atoms with E-state index in [1.807, 2.05) is 32.5 Å². The molecule has 0 N–H and O–H groups in total. The van der Waals surface area contributed by atoms with Gasteiger partial charge in [-0.3, -0.25) is 4.99 Å². The van der Waals surface area contributed by atoms with Gasteiger partial charge in [0.25, 0.3) is 0 Å². The predicted molar refractivity (Wildman–Crippen MR) is 97.4 cm³/mol. The van der Waals surface area contributed by atoms with E-state index in [-0.39, 0.29) is 18.2 Å². The highest BCUT2D eigenvalue weighted by Crippen LogP contribution is 2.33. The van der Waals surface area contributed by atoms with Crippen LogP contribution in [0.1, 0.15) is 40.5 Å². The van der Waals surface area contributed by atoms with Gasteiger partial charge in [-0.1, -0.05) is 6.08 Å². The first-order chi connectivity index (χ1) is 11.3. The average molecular weight is 350 g/mol. The summed E-state index contributed by atoms with van der Waals surface area (Å²) >= 11 is 1.81. The van der Waals surface area contributed by atoms with Gasteiger partial charge in [-0.05, 0) is 39.8 Å². The minimum Gasteiger partial charge on any atom is -0.491 e. The molecule has 2 heterocycles. The van der Waals surface area contributed by atoms with Crippen LogP contribution in [0.2, 0.25) is 0 Å². The van der Waals surface area contributed by atoms with E-state index in [9.17, 15) is 4.79 Å². The standard InChI is InChI=1S/C18H26N2O3S/c1-12-19-15-11-14(5-6-16(15)24-12)22-13-7-9-20(10-8-13)17(21)23-18(2,3)4/h5-6,11,13,15-16H,7-10H2,1-4H3/t15-,16+/m1/s1. The summed E-state index contributed by atoms with van der Waals surface area (Å²) in [7, 11) is 0. The maximum Gasteiger partial charge on any atom is 0.410 e. The van der Waals surface area contributed by atoms with E-state index < -0.39 is 5.60 Å². The lowest BCUT2D eigenvalue weighted by Gasteiger charge is -2.34. The van der Waals surface area contributed by atoms with E-state index in [4.69, 9.17) is 9.47 Å². The summed E-state index contributed by atoms with van der Waals surface area (Å²) in [5, 5.41) is 1.56. The van der Waals surface area contributed by atoms with Crippen molar-refractivity contribution in [3.05, 3.63) is 24.0 Å². The monoisotopic (exact) mass is 350 g/mol. The molecule has 2 atom stereocenters. The maximum absolute atomic E-state index is 12.1. The van der Waals surface area contributed by atoms with Crippen LogP contribution < -0.4 is 0 Å². The van der Waals surface area contributed by atoms with Crippen molar-refractivity contribution in [3.8, 4) is 0 Å². The Morgan fingerprint density at radius 1 is 1.33 bits per heavy atom. The number of allylic oxidation sites excluding steroid dienone is 1. The average Bonchev–Trinajstić information content (AvgIpc) is 2.85. The van der Waals surface area contributed by atoms with E-state index in [1.165, 1.54) is 0 Å². The molecule has 1 saturated heterocycles. The molecule has 1 aliphatic carbocycles. The van der Waals surface area contributed by atoms with Crippen molar-refractivity contribution in [1.29, 1.82) is 0 Å². The van der Waals surface area contributed by atoms with Crippen molar-refractivity contribution < 1.29 is 14.3 Å². The summed E-state index contributed by atoms with van der Waals surface area (Å²) in [6.07, 6.45) is 7.94. The molecule has 0 aromatic rings. The number of carbonyl (C=O) groups is 1. The number of hydrogen-bond donors (Lipinski definition) is 0. The number of amides is 1. The molecule has 2 aliphatic heterocycles. The van der Waals surface area contributed by atoms with Gasteiger partial charge in [-0.2, -0.15) is 0 Å². The predicted octanol–water partition coefficient (Wildman–Crippen LogP) is 3.76. The fourth-order valence-electron chi connectivity index (χ4n) is 3.03. The molecule has 0 spiro atoms. The second kappa shape index (κ2) is 6.82. The lowest BCUT2D eigenvalue weighted by molar-refractivity contribution is 0.00540. The summed E-state index contributed by atoms with van der Waals surface area (Å²) in [6, 6.07) is 0.205. The number of likely N-dealkylation sites (tertiary alicyclic amines) is 1. The molecule has 3 aliphatic rings. The van der Waals surface area contributed by atoms with Crippen molar-refractivity contribution in [3.63, 3.8) is 0 Å². The molecule has 6 heteroatoms. The van der Waals surface area contributed by atoms with Crippen molar-refractivity contribution in [2.24, 2.45) is 4.99 Å². The highest BCUT2D eigenvalue weighted by Gasteiger charge is 2.30. The van der Waals surface area contributed by atoms with Crippen LogP contribution in [0.3, 0.4) is 0 Å². The number of hydrogen-bond acceptors (Lipinski definition) is 5. The van der Waals surface area contributed by atoms with Crippen LogP contribution in [-0.2, 0) is 9.47 Å². The van der Waals surface area contributed by atoms with Crippen LogP contribution >= 0.6 is 11.8 Å². The molecule has 1 amide bonds. The van der Waals surface area contributed by atoms with Gasteiger partial charge in [0, 0.05) is 25.9 Å². The number of nitrogens with zero attached hydrogens (tertiary/aromatic N) is 2. The van der Waals surface area contributed by atoms with Gasteiger partial charge in [0.2, 0.25) is 0 Å². The normalized spacial score (nSPS) is 27.4. The Kier molecular flexibility index (Phi) is 4.95.